The molecule has 0 radical (unpaired) electrons. The molecule has 20 heavy (non-hydrogen) atoms. The summed E-state index contributed by atoms with van der Waals surface area (Å²) >= 11 is 1.43. The summed E-state index contributed by atoms with van der Waals surface area (Å²) in [6.07, 6.45) is 4.01. The maximum Gasteiger partial charge on any atom is 0.262 e. The third kappa shape index (κ3) is 2.32. The second-order valence-corrected chi connectivity index (χ2v) is 7.91. The lowest BCUT2D eigenvalue weighted by molar-refractivity contribution is 0.450. The molecular formula is C12H18N4O2S2. The number of imidazole rings is 1. The Morgan fingerprint density at radius 2 is 2.30 bits per heavy atom. The first-order valence-corrected chi connectivity index (χ1v) is 9.01. The Labute approximate surface area is 122 Å². The lowest BCUT2D eigenvalue weighted by Crippen LogP contribution is -2.30. The first-order valence-electron chi connectivity index (χ1n) is 6.69. The van der Waals surface area contributed by atoms with Gasteiger partial charge in [-0.3, -0.25) is 4.40 Å². The van der Waals surface area contributed by atoms with Crippen LogP contribution in [0.1, 0.15) is 19.8 Å². The van der Waals surface area contributed by atoms with E-state index in [4.69, 9.17) is 0 Å². The van der Waals surface area contributed by atoms with Crippen LogP contribution in [-0.2, 0) is 10.0 Å². The molecule has 2 aromatic heterocycles. The van der Waals surface area contributed by atoms with Crippen molar-refractivity contribution >= 4 is 32.1 Å². The molecule has 1 aliphatic carbocycles. The molecule has 1 fully saturated rings. The van der Waals surface area contributed by atoms with Crippen LogP contribution in [0.25, 0.3) is 4.96 Å². The summed E-state index contributed by atoms with van der Waals surface area (Å²) in [6, 6.07) is 0. The van der Waals surface area contributed by atoms with Gasteiger partial charge in [-0.25, -0.2) is 13.4 Å². The number of nitrogens with one attached hydrogen (secondary N) is 1. The SMILES string of the molecule is CCNc1nc2sccn2c1S(=O)(=O)N(C)CC1CC1. The zero-order valence-corrected chi connectivity index (χ0v) is 13.2. The summed E-state index contributed by atoms with van der Waals surface area (Å²) in [5.74, 6) is 0.963. The molecule has 2 aromatic rings. The molecule has 0 aliphatic heterocycles. The van der Waals surface area contributed by atoms with E-state index in [0.29, 0.717) is 29.8 Å². The van der Waals surface area contributed by atoms with Gasteiger partial charge in [0.25, 0.3) is 10.0 Å². The zero-order valence-electron chi connectivity index (χ0n) is 11.5. The van der Waals surface area contributed by atoms with Gasteiger partial charge in [0, 0.05) is 31.7 Å². The third-order valence-electron chi connectivity index (χ3n) is 3.43. The second kappa shape index (κ2) is 5.01. The van der Waals surface area contributed by atoms with E-state index in [9.17, 15) is 8.42 Å². The normalized spacial score (nSPS) is 16.1. The van der Waals surface area contributed by atoms with E-state index in [0.717, 1.165) is 12.8 Å². The topological polar surface area (TPSA) is 66.7 Å². The van der Waals surface area contributed by atoms with Gasteiger partial charge in [0.1, 0.15) is 0 Å². The Morgan fingerprint density at radius 1 is 1.55 bits per heavy atom. The Kier molecular flexibility index (Phi) is 3.47. The quantitative estimate of drug-likeness (QED) is 0.884. The molecule has 0 bridgehead atoms. The number of fused-ring (bicyclic) bond motifs is 1. The van der Waals surface area contributed by atoms with E-state index in [1.54, 1.807) is 17.6 Å². The number of anilines is 1. The minimum atomic E-state index is -3.52. The predicted molar refractivity (Wildman–Crippen MR) is 79.8 cm³/mol. The van der Waals surface area contributed by atoms with Crippen LogP contribution in [0, 0.1) is 5.92 Å². The molecule has 0 atom stereocenters. The highest BCUT2D eigenvalue weighted by Gasteiger charge is 2.33. The Morgan fingerprint density at radius 3 is 2.95 bits per heavy atom. The zero-order chi connectivity index (χ0) is 14.3. The molecule has 6 nitrogen and oxygen atoms in total. The lowest BCUT2D eigenvalue weighted by Gasteiger charge is -2.17. The first-order chi connectivity index (χ1) is 9.54. The van der Waals surface area contributed by atoms with Gasteiger partial charge in [-0.1, -0.05) is 0 Å². The molecule has 1 saturated carbocycles. The van der Waals surface area contributed by atoms with Gasteiger partial charge in [0.15, 0.2) is 15.8 Å². The Balaban J connectivity index is 2.05. The minimum Gasteiger partial charge on any atom is -0.368 e. The van der Waals surface area contributed by atoms with E-state index in [1.807, 2.05) is 12.3 Å². The molecule has 0 amide bonds. The van der Waals surface area contributed by atoms with Crippen LogP contribution in [0.2, 0.25) is 0 Å². The van der Waals surface area contributed by atoms with Crippen LogP contribution in [0.5, 0.6) is 0 Å². The highest BCUT2D eigenvalue weighted by atomic mass is 32.2. The van der Waals surface area contributed by atoms with E-state index in [1.165, 1.54) is 15.6 Å². The number of hydrogen-bond acceptors (Lipinski definition) is 5. The third-order valence-corrected chi connectivity index (χ3v) is 6.03. The molecule has 2 heterocycles. The molecular weight excluding hydrogens is 296 g/mol. The van der Waals surface area contributed by atoms with Crippen molar-refractivity contribution < 1.29 is 8.42 Å². The molecule has 0 saturated heterocycles. The second-order valence-electron chi connectivity index (χ2n) is 5.08. The van der Waals surface area contributed by atoms with Gasteiger partial charge < -0.3 is 5.32 Å². The number of thiazole rings is 1. The van der Waals surface area contributed by atoms with Crippen LogP contribution in [0.15, 0.2) is 16.6 Å². The van der Waals surface area contributed by atoms with Crippen molar-refractivity contribution in [2.24, 2.45) is 5.92 Å². The monoisotopic (exact) mass is 314 g/mol. The van der Waals surface area contributed by atoms with Crippen LogP contribution in [-0.4, -0.2) is 42.2 Å². The Hall–Kier alpha value is -1.12. The fraction of sp³-hybridized carbons (Fsp3) is 0.583. The van der Waals surface area contributed by atoms with Gasteiger partial charge in [-0.05, 0) is 25.7 Å². The van der Waals surface area contributed by atoms with Crippen molar-refractivity contribution in [2.75, 3.05) is 25.5 Å². The number of rotatable bonds is 6. The van der Waals surface area contributed by atoms with Gasteiger partial charge >= 0.3 is 0 Å². The van der Waals surface area contributed by atoms with E-state index in [2.05, 4.69) is 10.3 Å². The maximum absolute atomic E-state index is 12.8. The molecule has 1 aliphatic rings. The molecule has 1 N–H and O–H groups in total. The van der Waals surface area contributed by atoms with E-state index >= 15 is 0 Å². The lowest BCUT2D eigenvalue weighted by atomic mass is 10.4. The number of nitrogens with zero attached hydrogens (tertiary/aromatic N) is 3. The number of hydrogen-bond donors (Lipinski definition) is 1. The van der Waals surface area contributed by atoms with E-state index < -0.39 is 10.0 Å². The fourth-order valence-corrected chi connectivity index (χ4v) is 4.44. The van der Waals surface area contributed by atoms with Crippen molar-refractivity contribution in [2.45, 2.75) is 24.8 Å². The molecule has 0 spiro atoms. The minimum absolute atomic E-state index is 0.249. The molecule has 110 valence electrons. The van der Waals surface area contributed by atoms with Gasteiger partial charge in [-0.15, -0.1) is 11.3 Å². The summed E-state index contributed by atoms with van der Waals surface area (Å²) in [5, 5.41) is 5.14. The Bertz CT molecular complexity index is 715. The summed E-state index contributed by atoms with van der Waals surface area (Å²) in [6.45, 7) is 3.16. The highest BCUT2D eigenvalue weighted by Crippen LogP contribution is 2.33. The van der Waals surface area contributed by atoms with Crippen molar-refractivity contribution in [3.8, 4) is 0 Å². The molecule has 0 unspecified atom stereocenters. The van der Waals surface area contributed by atoms with Gasteiger partial charge in [-0.2, -0.15) is 4.31 Å². The largest absolute Gasteiger partial charge is 0.368 e. The van der Waals surface area contributed by atoms with Crippen LogP contribution in [0.4, 0.5) is 5.82 Å². The summed E-state index contributed by atoms with van der Waals surface area (Å²) < 4.78 is 28.7. The van der Waals surface area contributed by atoms with Crippen LogP contribution < -0.4 is 5.32 Å². The highest BCUT2D eigenvalue weighted by molar-refractivity contribution is 7.89. The van der Waals surface area contributed by atoms with Gasteiger partial charge in [0.05, 0.1) is 0 Å². The van der Waals surface area contributed by atoms with Crippen LogP contribution >= 0.6 is 11.3 Å². The van der Waals surface area contributed by atoms with Crippen molar-refractivity contribution in [3.05, 3.63) is 11.6 Å². The fourth-order valence-electron chi connectivity index (χ4n) is 2.20. The van der Waals surface area contributed by atoms with Crippen molar-refractivity contribution in [1.82, 2.24) is 13.7 Å². The average molecular weight is 314 g/mol. The summed E-state index contributed by atoms with van der Waals surface area (Å²) in [7, 11) is -1.87. The van der Waals surface area contributed by atoms with Crippen molar-refractivity contribution in [1.29, 1.82) is 0 Å². The number of sulfonamides is 1. The average Bonchev–Trinajstić information content (AvgIpc) is 2.96. The van der Waals surface area contributed by atoms with Crippen LogP contribution in [0.3, 0.4) is 0 Å². The van der Waals surface area contributed by atoms with Crippen molar-refractivity contribution in [3.63, 3.8) is 0 Å². The molecule has 3 rings (SSSR count). The maximum atomic E-state index is 12.8. The summed E-state index contributed by atoms with van der Waals surface area (Å²) in [4.78, 5) is 5.06. The molecule has 0 aromatic carbocycles. The first kappa shape index (κ1) is 13.8. The molecule has 8 heteroatoms. The summed E-state index contributed by atoms with van der Waals surface area (Å²) in [5.41, 5.74) is 0. The smallest absolute Gasteiger partial charge is 0.262 e. The van der Waals surface area contributed by atoms with E-state index in [-0.39, 0.29) is 5.03 Å². The van der Waals surface area contributed by atoms with Gasteiger partial charge in [0.2, 0.25) is 0 Å². The number of aromatic nitrogens is 2. The predicted octanol–water partition coefficient (Wildman–Crippen LogP) is 1.86. The standard InChI is InChI=1S/C12H18N4O2S2/c1-3-13-10-11(16-6-7-19-12(16)14-10)20(17,18)15(2)8-9-4-5-9/h6-7,9,13H,3-5,8H2,1-2H3.